The van der Waals surface area contributed by atoms with Crippen LogP contribution in [0.25, 0.3) is 5.57 Å². The van der Waals surface area contributed by atoms with Gasteiger partial charge in [0.15, 0.2) is 0 Å². The Balaban J connectivity index is 1.87. The van der Waals surface area contributed by atoms with Crippen molar-refractivity contribution in [3.63, 3.8) is 0 Å². The van der Waals surface area contributed by atoms with Gasteiger partial charge in [-0.25, -0.2) is 0 Å². The van der Waals surface area contributed by atoms with Crippen LogP contribution in [-0.4, -0.2) is 6.61 Å². The Hall–Kier alpha value is -1.64. The quantitative estimate of drug-likeness (QED) is 0.767. The van der Waals surface area contributed by atoms with E-state index in [-0.39, 0.29) is 5.75 Å². The molecule has 3 rings (SSSR count). The molecule has 2 aliphatic rings. The SMILES string of the molecule is FC(F)Oc1cccc(C2=CC=CCC2C2CC2)c1. The summed E-state index contributed by atoms with van der Waals surface area (Å²) in [7, 11) is 0. The fourth-order valence-electron chi connectivity index (χ4n) is 2.75. The summed E-state index contributed by atoms with van der Waals surface area (Å²) >= 11 is 0. The molecule has 100 valence electrons. The standard InChI is InChI=1S/C16H16F2O/c17-16(18)19-13-5-3-4-12(10-13)15-7-2-1-6-14(15)11-8-9-11/h1-5,7,10-11,14,16H,6,8-9H2. The summed E-state index contributed by atoms with van der Waals surface area (Å²) in [4.78, 5) is 0. The van der Waals surface area contributed by atoms with Crippen molar-refractivity contribution in [3.8, 4) is 5.75 Å². The Kier molecular flexibility index (Phi) is 3.36. The van der Waals surface area contributed by atoms with Crippen molar-refractivity contribution in [2.45, 2.75) is 25.9 Å². The van der Waals surface area contributed by atoms with Crippen LogP contribution in [0, 0.1) is 11.8 Å². The van der Waals surface area contributed by atoms with Gasteiger partial charge in [0.2, 0.25) is 0 Å². The van der Waals surface area contributed by atoms with Crippen molar-refractivity contribution >= 4 is 5.57 Å². The molecule has 2 aliphatic carbocycles. The fourth-order valence-corrected chi connectivity index (χ4v) is 2.75. The van der Waals surface area contributed by atoms with Crippen molar-refractivity contribution in [2.24, 2.45) is 11.8 Å². The molecule has 1 saturated carbocycles. The third-order valence-corrected chi connectivity index (χ3v) is 3.78. The Bertz CT molecular complexity index is 515. The van der Waals surface area contributed by atoms with Crippen LogP contribution in [0.2, 0.25) is 0 Å². The number of ether oxygens (including phenoxy) is 1. The Morgan fingerprint density at radius 1 is 1.21 bits per heavy atom. The first-order valence-corrected chi connectivity index (χ1v) is 6.66. The van der Waals surface area contributed by atoms with Crippen LogP contribution in [0.1, 0.15) is 24.8 Å². The normalized spacial score (nSPS) is 22.5. The van der Waals surface area contributed by atoms with E-state index in [1.165, 1.54) is 18.4 Å². The third kappa shape index (κ3) is 2.86. The lowest BCUT2D eigenvalue weighted by Gasteiger charge is -2.22. The van der Waals surface area contributed by atoms with Gasteiger partial charge in [-0.2, -0.15) is 8.78 Å². The van der Waals surface area contributed by atoms with Crippen LogP contribution >= 0.6 is 0 Å². The summed E-state index contributed by atoms with van der Waals surface area (Å²) < 4.78 is 29.0. The molecule has 0 radical (unpaired) electrons. The molecule has 1 fully saturated rings. The van der Waals surface area contributed by atoms with Gasteiger partial charge in [-0.3, -0.25) is 0 Å². The van der Waals surface area contributed by atoms with Crippen molar-refractivity contribution in [1.82, 2.24) is 0 Å². The van der Waals surface area contributed by atoms with E-state index in [9.17, 15) is 8.78 Å². The summed E-state index contributed by atoms with van der Waals surface area (Å²) in [5.41, 5.74) is 2.25. The van der Waals surface area contributed by atoms with Crippen LogP contribution < -0.4 is 4.74 Å². The van der Waals surface area contributed by atoms with E-state index in [0.717, 1.165) is 17.9 Å². The minimum absolute atomic E-state index is 0.234. The Labute approximate surface area is 111 Å². The number of hydrogen-bond acceptors (Lipinski definition) is 1. The van der Waals surface area contributed by atoms with Crippen LogP contribution in [0.15, 0.2) is 42.5 Å². The highest BCUT2D eigenvalue weighted by Gasteiger charge is 2.33. The molecular weight excluding hydrogens is 246 g/mol. The minimum Gasteiger partial charge on any atom is -0.435 e. The monoisotopic (exact) mass is 262 g/mol. The molecule has 0 spiro atoms. The van der Waals surface area contributed by atoms with Gasteiger partial charge >= 0.3 is 6.61 Å². The van der Waals surface area contributed by atoms with Crippen molar-refractivity contribution < 1.29 is 13.5 Å². The lowest BCUT2D eigenvalue weighted by atomic mass is 9.83. The molecule has 0 amide bonds. The second kappa shape index (κ2) is 5.16. The molecule has 1 unspecified atom stereocenters. The Morgan fingerprint density at radius 3 is 2.79 bits per heavy atom. The predicted molar refractivity (Wildman–Crippen MR) is 71.0 cm³/mol. The van der Waals surface area contributed by atoms with Crippen molar-refractivity contribution in [2.75, 3.05) is 0 Å². The van der Waals surface area contributed by atoms with Gasteiger partial charge < -0.3 is 4.74 Å². The molecule has 0 aromatic heterocycles. The number of alkyl halides is 2. The summed E-state index contributed by atoms with van der Waals surface area (Å²) in [6, 6.07) is 7.03. The average Bonchev–Trinajstić information content (AvgIpc) is 3.22. The van der Waals surface area contributed by atoms with Crippen molar-refractivity contribution in [1.29, 1.82) is 0 Å². The number of allylic oxidation sites excluding steroid dienone is 4. The van der Waals surface area contributed by atoms with Gasteiger partial charge in [0.1, 0.15) is 5.75 Å². The summed E-state index contributed by atoms with van der Waals surface area (Å²) in [6.07, 6.45) is 9.96. The summed E-state index contributed by atoms with van der Waals surface area (Å²) in [6.45, 7) is -2.77. The molecule has 1 aromatic carbocycles. The molecular formula is C16H16F2O. The lowest BCUT2D eigenvalue weighted by molar-refractivity contribution is -0.0498. The van der Waals surface area contributed by atoms with E-state index in [4.69, 9.17) is 0 Å². The van der Waals surface area contributed by atoms with Gasteiger partial charge in [-0.1, -0.05) is 30.4 Å². The highest BCUT2D eigenvalue weighted by molar-refractivity contribution is 5.71. The third-order valence-electron chi connectivity index (χ3n) is 3.78. The van der Waals surface area contributed by atoms with E-state index in [2.05, 4.69) is 23.0 Å². The first-order valence-electron chi connectivity index (χ1n) is 6.66. The topological polar surface area (TPSA) is 9.23 Å². The van der Waals surface area contributed by atoms with Crippen LogP contribution in [0.3, 0.4) is 0 Å². The first-order chi connectivity index (χ1) is 9.24. The second-order valence-electron chi connectivity index (χ2n) is 5.14. The smallest absolute Gasteiger partial charge is 0.387 e. The zero-order chi connectivity index (χ0) is 13.2. The minimum atomic E-state index is -2.77. The van der Waals surface area contributed by atoms with E-state index < -0.39 is 6.61 Å². The van der Waals surface area contributed by atoms with E-state index in [1.807, 2.05) is 6.07 Å². The maximum atomic E-state index is 12.3. The molecule has 0 aliphatic heterocycles. The van der Waals surface area contributed by atoms with Crippen LogP contribution in [-0.2, 0) is 0 Å². The second-order valence-corrected chi connectivity index (χ2v) is 5.14. The van der Waals surface area contributed by atoms with E-state index in [1.54, 1.807) is 18.2 Å². The van der Waals surface area contributed by atoms with Crippen molar-refractivity contribution in [3.05, 3.63) is 48.1 Å². The number of halogens is 2. The first kappa shape index (κ1) is 12.4. The van der Waals surface area contributed by atoms with Gasteiger partial charge in [0.05, 0.1) is 0 Å². The fraction of sp³-hybridized carbons (Fsp3) is 0.375. The van der Waals surface area contributed by atoms with Crippen LogP contribution in [0.4, 0.5) is 8.78 Å². The Morgan fingerprint density at radius 2 is 2.05 bits per heavy atom. The maximum Gasteiger partial charge on any atom is 0.387 e. The number of benzene rings is 1. The van der Waals surface area contributed by atoms with Gasteiger partial charge in [0.25, 0.3) is 0 Å². The average molecular weight is 262 g/mol. The highest BCUT2D eigenvalue weighted by atomic mass is 19.3. The molecule has 19 heavy (non-hydrogen) atoms. The number of hydrogen-bond donors (Lipinski definition) is 0. The molecule has 0 saturated heterocycles. The molecule has 1 nitrogen and oxygen atoms in total. The number of rotatable bonds is 4. The molecule has 1 aromatic rings. The highest BCUT2D eigenvalue weighted by Crippen LogP contribution is 2.46. The molecule has 1 atom stereocenters. The van der Waals surface area contributed by atoms with Gasteiger partial charge in [-0.05, 0) is 54.4 Å². The lowest BCUT2D eigenvalue weighted by Crippen LogP contribution is -2.08. The zero-order valence-corrected chi connectivity index (χ0v) is 10.6. The molecule has 0 bridgehead atoms. The predicted octanol–water partition coefficient (Wildman–Crippen LogP) is 4.66. The summed E-state index contributed by atoms with van der Waals surface area (Å²) in [5, 5.41) is 0. The summed E-state index contributed by atoms with van der Waals surface area (Å²) in [5.74, 6) is 1.53. The van der Waals surface area contributed by atoms with E-state index in [0.29, 0.717) is 5.92 Å². The van der Waals surface area contributed by atoms with Crippen LogP contribution in [0.5, 0.6) is 5.75 Å². The van der Waals surface area contributed by atoms with Gasteiger partial charge in [0, 0.05) is 0 Å². The molecule has 3 heteroatoms. The largest absolute Gasteiger partial charge is 0.435 e. The van der Waals surface area contributed by atoms with E-state index >= 15 is 0 Å². The van der Waals surface area contributed by atoms with Gasteiger partial charge in [-0.15, -0.1) is 0 Å². The maximum absolute atomic E-state index is 12.3. The molecule has 0 N–H and O–H groups in total. The molecule has 0 heterocycles. The zero-order valence-electron chi connectivity index (χ0n) is 10.6.